The second-order valence-corrected chi connectivity index (χ2v) is 6.64. The molecule has 0 unspecified atom stereocenters. The Labute approximate surface area is 146 Å². The molecule has 1 aromatic heterocycles. The predicted octanol–water partition coefficient (Wildman–Crippen LogP) is 1.49. The Hall–Kier alpha value is -2.70. The minimum absolute atomic E-state index is 0.0122. The van der Waals surface area contributed by atoms with Gasteiger partial charge in [-0.1, -0.05) is 18.2 Å². The summed E-state index contributed by atoms with van der Waals surface area (Å²) < 4.78 is 1.92. The van der Waals surface area contributed by atoms with E-state index in [0.717, 1.165) is 24.5 Å². The Bertz CT molecular complexity index is 797. The van der Waals surface area contributed by atoms with Crippen LogP contribution in [0, 0.1) is 0 Å². The lowest BCUT2D eigenvalue weighted by atomic mass is 10.2. The van der Waals surface area contributed by atoms with Crippen molar-refractivity contribution in [3.8, 4) is 0 Å². The average molecular weight is 339 g/mol. The van der Waals surface area contributed by atoms with Crippen LogP contribution in [-0.2, 0) is 11.3 Å². The van der Waals surface area contributed by atoms with Gasteiger partial charge in [0.25, 0.3) is 5.91 Å². The first-order valence-corrected chi connectivity index (χ1v) is 8.71. The van der Waals surface area contributed by atoms with Crippen molar-refractivity contribution in [2.75, 3.05) is 13.1 Å². The van der Waals surface area contributed by atoms with Crippen molar-refractivity contribution in [3.63, 3.8) is 0 Å². The lowest BCUT2D eigenvalue weighted by Crippen LogP contribution is -2.46. The molecule has 1 atom stereocenters. The highest BCUT2D eigenvalue weighted by Gasteiger charge is 2.34. The molecule has 1 N–H and O–H groups in total. The monoisotopic (exact) mass is 339 g/mol. The average Bonchev–Trinajstić information content (AvgIpc) is 3.39. The van der Waals surface area contributed by atoms with E-state index in [-0.39, 0.29) is 24.4 Å². The fourth-order valence-corrected chi connectivity index (χ4v) is 3.19. The molecule has 2 heterocycles. The molecule has 0 saturated heterocycles. The van der Waals surface area contributed by atoms with Gasteiger partial charge in [-0.2, -0.15) is 5.10 Å². The number of nitrogens with one attached hydrogen (secondary N) is 1. The molecule has 0 radical (unpaired) electrons. The van der Waals surface area contributed by atoms with Gasteiger partial charge in [0.2, 0.25) is 5.91 Å². The number of nitrogens with zero attached hydrogens (tertiary/aromatic N) is 4. The van der Waals surface area contributed by atoms with Gasteiger partial charge < -0.3 is 10.2 Å². The Kier molecular flexibility index (Phi) is 3.99. The van der Waals surface area contributed by atoms with Gasteiger partial charge in [0.05, 0.1) is 19.1 Å². The van der Waals surface area contributed by atoms with E-state index in [0.29, 0.717) is 24.6 Å². The van der Waals surface area contributed by atoms with Crippen molar-refractivity contribution in [1.29, 1.82) is 0 Å². The number of fused-ring (bicyclic) bond motifs is 1. The summed E-state index contributed by atoms with van der Waals surface area (Å²) in [5.41, 5.74) is 0.552. The molecule has 7 heteroatoms. The van der Waals surface area contributed by atoms with Crippen molar-refractivity contribution in [2.24, 2.45) is 0 Å². The number of amides is 2. The Morgan fingerprint density at radius 1 is 1.20 bits per heavy atom. The number of rotatable bonds is 4. The maximum absolute atomic E-state index is 12.6. The summed E-state index contributed by atoms with van der Waals surface area (Å²) in [6.07, 6.45) is 2.32. The van der Waals surface area contributed by atoms with Gasteiger partial charge in [-0.05, 0) is 31.9 Å². The number of carbonyl (C=O) groups excluding carboxylic acids is 2. The van der Waals surface area contributed by atoms with Crippen LogP contribution in [-0.4, -0.2) is 44.6 Å². The minimum atomic E-state index is -0.238. The molecule has 2 aromatic rings. The number of hydrogen-bond donors (Lipinski definition) is 1. The van der Waals surface area contributed by atoms with Crippen LogP contribution in [0.15, 0.2) is 30.3 Å². The van der Waals surface area contributed by atoms with Gasteiger partial charge in [-0.25, -0.2) is 9.67 Å². The number of benzene rings is 1. The van der Waals surface area contributed by atoms with Crippen molar-refractivity contribution in [3.05, 3.63) is 47.5 Å². The maximum Gasteiger partial charge on any atom is 0.251 e. The van der Waals surface area contributed by atoms with Crippen molar-refractivity contribution >= 4 is 11.8 Å². The van der Waals surface area contributed by atoms with E-state index in [1.165, 1.54) is 0 Å². The first kappa shape index (κ1) is 15.8. The van der Waals surface area contributed by atoms with Crippen LogP contribution >= 0.6 is 0 Å². The van der Waals surface area contributed by atoms with Crippen molar-refractivity contribution in [2.45, 2.75) is 38.3 Å². The molecular formula is C18H21N5O2. The van der Waals surface area contributed by atoms with Gasteiger partial charge in [-0.3, -0.25) is 9.59 Å². The lowest BCUT2D eigenvalue weighted by molar-refractivity contribution is -0.133. The predicted molar refractivity (Wildman–Crippen MR) is 90.9 cm³/mol. The Morgan fingerprint density at radius 3 is 2.68 bits per heavy atom. The summed E-state index contributed by atoms with van der Waals surface area (Å²) in [6.45, 7) is 3.19. The normalized spacial score (nSPS) is 19.4. The van der Waals surface area contributed by atoms with Gasteiger partial charge in [0, 0.05) is 18.0 Å². The Balaban J connectivity index is 1.39. The van der Waals surface area contributed by atoms with E-state index in [2.05, 4.69) is 15.4 Å². The van der Waals surface area contributed by atoms with Crippen LogP contribution in [0.2, 0.25) is 0 Å². The largest absolute Gasteiger partial charge is 0.343 e. The van der Waals surface area contributed by atoms with Crippen LogP contribution in [0.3, 0.4) is 0 Å². The van der Waals surface area contributed by atoms with Crippen LogP contribution in [0.5, 0.6) is 0 Å². The molecule has 4 rings (SSSR count). The SMILES string of the molecule is C[C@@H]1c2nc(C3CC3)nn2CCN1C(=O)CNC(=O)c1ccccc1. The summed E-state index contributed by atoms with van der Waals surface area (Å²) in [6, 6.07) is 8.77. The van der Waals surface area contributed by atoms with E-state index in [1.807, 2.05) is 17.7 Å². The molecule has 1 saturated carbocycles. The quantitative estimate of drug-likeness (QED) is 0.915. The van der Waals surface area contributed by atoms with E-state index in [1.54, 1.807) is 29.2 Å². The lowest BCUT2D eigenvalue weighted by Gasteiger charge is -2.33. The Morgan fingerprint density at radius 2 is 1.96 bits per heavy atom. The molecule has 2 amide bonds. The second-order valence-electron chi connectivity index (χ2n) is 6.64. The molecule has 2 aliphatic rings. The van der Waals surface area contributed by atoms with Gasteiger partial charge in [0.15, 0.2) is 5.82 Å². The summed E-state index contributed by atoms with van der Waals surface area (Å²) in [7, 11) is 0. The highest BCUT2D eigenvalue weighted by atomic mass is 16.2. The van der Waals surface area contributed by atoms with E-state index < -0.39 is 0 Å². The smallest absolute Gasteiger partial charge is 0.251 e. The standard InChI is InChI=1S/C18H21N5O2/c1-12-17-20-16(13-7-8-13)21-23(17)10-9-22(12)15(24)11-19-18(25)14-5-3-2-4-6-14/h2-6,12-13H,7-11H2,1H3,(H,19,25)/t12-/m1/s1. The third-order valence-electron chi connectivity index (χ3n) is 4.81. The zero-order chi connectivity index (χ0) is 17.4. The molecule has 0 spiro atoms. The molecule has 1 aromatic carbocycles. The van der Waals surface area contributed by atoms with Gasteiger partial charge in [0.1, 0.15) is 5.82 Å². The molecule has 7 nitrogen and oxygen atoms in total. The zero-order valence-electron chi connectivity index (χ0n) is 14.2. The molecule has 1 fully saturated rings. The topological polar surface area (TPSA) is 80.1 Å². The van der Waals surface area contributed by atoms with Crippen LogP contribution in [0.25, 0.3) is 0 Å². The number of carbonyl (C=O) groups is 2. The highest BCUT2D eigenvalue weighted by Crippen LogP contribution is 2.39. The van der Waals surface area contributed by atoms with Crippen LogP contribution < -0.4 is 5.32 Å². The summed E-state index contributed by atoms with van der Waals surface area (Å²) in [4.78, 5) is 31.1. The second kappa shape index (κ2) is 6.31. The number of hydrogen-bond acceptors (Lipinski definition) is 4. The van der Waals surface area contributed by atoms with Crippen molar-refractivity contribution in [1.82, 2.24) is 25.0 Å². The van der Waals surface area contributed by atoms with Crippen LogP contribution in [0.1, 0.15) is 53.7 Å². The highest BCUT2D eigenvalue weighted by molar-refractivity contribution is 5.96. The minimum Gasteiger partial charge on any atom is -0.343 e. The summed E-state index contributed by atoms with van der Waals surface area (Å²) in [5.74, 6) is 1.92. The molecular weight excluding hydrogens is 318 g/mol. The van der Waals surface area contributed by atoms with E-state index in [4.69, 9.17) is 0 Å². The molecule has 1 aliphatic heterocycles. The van der Waals surface area contributed by atoms with Crippen LogP contribution in [0.4, 0.5) is 0 Å². The molecule has 130 valence electrons. The van der Waals surface area contributed by atoms with Gasteiger partial charge in [-0.15, -0.1) is 0 Å². The summed E-state index contributed by atoms with van der Waals surface area (Å²) in [5, 5.41) is 7.27. The zero-order valence-corrected chi connectivity index (χ0v) is 14.2. The maximum atomic E-state index is 12.6. The third-order valence-corrected chi connectivity index (χ3v) is 4.81. The van der Waals surface area contributed by atoms with E-state index in [9.17, 15) is 9.59 Å². The first-order chi connectivity index (χ1) is 12.1. The molecule has 0 bridgehead atoms. The van der Waals surface area contributed by atoms with Crippen molar-refractivity contribution < 1.29 is 9.59 Å². The fraction of sp³-hybridized carbons (Fsp3) is 0.444. The van der Waals surface area contributed by atoms with E-state index >= 15 is 0 Å². The number of aromatic nitrogens is 3. The summed E-state index contributed by atoms with van der Waals surface area (Å²) >= 11 is 0. The molecule has 25 heavy (non-hydrogen) atoms. The molecule has 1 aliphatic carbocycles. The first-order valence-electron chi connectivity index (χ1n) is 8.71. The third kappa shape index (κ3) is 3.14. The fourth-order valence-electron chi connectivity index (χ4n) is 3.19. The van der Waals surface area contributed by atoms with Gasteiger partial charge >= 0.3 is 0 Å².